The van der Waals surface area contributed by atoms with E-state index in [9.17, 15) is 23.2 Å². The number of nitrogens with zero attached hydrogens (tertiary/aromatic N) is 1. The summed E-state index contributed by atoms with van der Waals surface area (Å²) in [7, 11) is 0. The maximum Gasteiger partial charge on any atom is 0.328 e. The second-order valence-electron chi connectivity index (χ2n) is 5.73. The summed E-state index contributed by atoms with van der Waals surface area (Å²) < 4.78 is 31.9. The number of carbonyl (C=O) groups is 3. The molecule has 140 valence electrons. The maximum absolute atomic E-state index is 13.9. The van der Waals surface area contributed by atoms with Crippen LogP contribution in [0.2, 0.25) is 0 Å². The fourth-order valence-corrected chi connectivity index (χ4v) is 2.55. The molecule has 1 aliphatic heterocycles. The number of anilines is 1. The summed E-state index contributed by atoms with van der Waals surface area (Å²) >= 11 is 0. The molecule has 1 fully saturated rings. The van der Waals surface area contributed by atoms with Crippen LogP contribution in [0.4, 0.5) is 14.5 Å². The van der Waals surface area contributed by atoms with Crippen molar-refractivity contribution in [2.24, 2.45) is 5.92 Å². The molecule has 26 heavy (non-hydrogen) atoms. The number of nitrogens with one attached hydrogen (secondary N) is 1. The first-order chi connectivity index (χ1) is 12.3. The van der Waals surface area contributed by atoms with Gasteiger partial charge in [-0.1, -0.05) is 6.08 Å². The highest BCUT2D eigenvalue weighted by Crippen LogP contribution is 2.28. The number of hydrogen-bond donors (Lipinski definition) is 2. The molecular weight excluding hydrogens is 350 g/mol. The Labute approximate surface area is 148 Å². The lowest BCUT2D eigenvalue weighted by Gasteiger charge is -2.19. The summed E-state index contributed by atoms with van der Waals surface area (Å²) in [6.07, 6.45) is 1.23. The molecule has 1 heterocycles. The molecule has 1 aromatic carbocycles. The highest BCUT2D eigenvalue weighted by atomic mass is 19.1. The van der Waals surface area contributed by atoms with E-state index in [-0.39, 0.29) is 31.9 Å². The summed E-state index contributed by atoms with van der Waals surface area (Å²) in [4.78, 5) is 36.6. The normalized spacial score (nSPS) is 17.8. The van der Waals surface area contributed by atoms with Crippen molar-refractivity contribution in [3.8, 4) is 0 Å². The molecule has 0 radical (unpaired) electrons. The number of carboxylic acid groups (broad SMARTS) is 1. The van der Waals surface area contributed by atoms with Crippen molar-refractivity contribution in [1.82, 2.24) is 5.32 Å². The highest BCUT2D eigenvalue weighted by Gasteiger charge is 2.37. The van der Waals surface area contributed by atoms with E-state index in [2.05, 4.69) is 11.9 Å². The van der Waals surface area contributed by atoms with Gasteiger partial charge >= 0.3 is 5.97 Å². The maximum atomic E-state index is 13.9. The van der Waals surface area contributed by atoms with E-state index in [4.69, 9.17) is 9.84 Å². The quantitative estimate of drug-likeness (QED) is 0.529. The molecule has 2 rings (SSSR count). The van der Waals surface area contributed by atoms with Crippen LogP contribution >= 0.6 is 0 Å². The van der Waals surface area contributed by atoms with E-state index in [1.54, 1.807) is 0 Å². The van der Waals surface area contributed by atoms with Crippen LogP contribution in [0.1, 0.15) is 6.42 Å². The summed E-state index contributed by atoms with van der Waals surface area (Å²) in [5, 5.41) is 11.4. The Hall–Kier alpha value is -2.81. The molecular formula is C17H18F2N2O5. The molecule has 0 aliphatic carbocycles. The Bertz CT molecular complexity index is 725. The van der Waals surface area contributed by atoms with Crippen molar-refractivity contribution in [1.29, 1.82) is 0 Å². The highest BCUT2D eigenvalue weighted by molar-refractivity contribution is 6.00. The summed E-state index contributed by atoms with van der Waals surface area (Å²) in [6.45, 7) is 3.16. The van der Waals surface area contributed by atoms with E-state index in [0.717, 1.165) is 17.0 Å². The molecule has 1 saturated heterocycles. The lowest BCUT2D eigenvalue weighted by molar-refractivity contribution is -0.144. The van der Waals surface area contributed by atoms with Crippen molar-refractivity contribution < 1.29 is 33.0 Å². The molecule has 1 aromatic rings. The third-order valence-electron chi connectivity index (χ3n) is 3.83. The largest absolute Gasteiger partial charge is 0.480 e. The van der Waals surface area contributed by atoms with Gasteiger partial charge in [-0.2, -0.15) is 0 Å². The average Bonchev–Trinajstić information content (AvgIpc) is 2.95. The first-order valence-electron chi connectivity index (χ1n) is 7.80. The SMILES string of the molecule is C=CCOCC(NC(=O)C1CC(=O)N(c2ccc(F)cc2F)C1)C(=O)O. The van der Waals surface area contributed by atoms with Gasteiger partial charge in [0, 0.05) is 19.0 Å². The molecule has 2 atom stereocenters. The van der Waals surface area contributed by atoms with E-state index < -0.39 is 41.4 Å². The molecule has 1 aliphatic rings. The minimum absolute atomic E-state index is 0.124. The molecule has 0 saturated carbocycles. The fraction of sp³-hybridized carbons (Fsp3) is 0.353. The Kier molecular flexibility index (Phi) is 6.40. The lowest BCUT2D eigenvalue weighted by atomic mass is 10.1. The zero-order valence-corrected chi connectivity index (χ0v) is 13.8. The summed E-state index contributed by atoms with van der Waals surface area (Å²) in [5.41, 5.74) is -0.129. The standard InChI is InChI=1S/C17H18F2N2O5/c1-2-5-26-9-13(17(24)25)20-16(23)10-6-15(22)21(8-10)14-4-3-11(18)7-12(14)19/h2-4,7,10,13H,1,5-6,8-9H2,(H,20,23)(H,24,25). The minimum atomic E-state index is -1.28. The second kappa shape index (κ2) is 8.52. The third-order valence-corrected chi connectivity index (χ3v) is 3.83. The van der Waals surface area contributed by atoms with Gasteiger partial charge in [0.2, 0.25) is 11.8 Å². The van der Waals surface area contributed by atoms with Crippen molar-refractivity contribution in [2.75, 3.05) is 24.7 Å². The lowest BCUT2D eigenvalue weighted by Crippen LogP contribution is -2.46. The van der Waals surface area contributed by atoms with Crippen LogP contribution in [0, 0.1) is 17.6 Å². The predicted molar refractivity (Wildman–Crippen MR) is 87.4 cm³/mol. The van der Waals surface area contributed by atoms with Gasteiger partial charge in [0.1, 0.15) is 11.6 Å². The number of carbonyl (C=O) groups excluding carboxylic acids is 2. The second-order valence-corrected chi connectivity index (χ2v) is 5.73. The Morgan fingerprint density at radius 2 is 2.19 bits per heavy atom. The molecule has 0 bridgehead atoms. The molecule has 7 nitrogen and oxygen atoms in total. The number of aliphatic carboxylic acids is 1. The topological polar surface area (TPSA) is 95.9 Å². The first-order valence-corrected chi connectivity index (χ1v) is 7.80. The van der Waals surface area contributed by atoms with Gasteiger partial charge < -0.3 is 20.1 Å². The van der Waals surface area contributed by atoms with E-state index in [1.165, 1.54) is 6.08 Å². The third kappa shape index (κ3) is 4.63. The molecule has 2 N–H and O–H groups in total. The number of carboxylic acids is 1. The smallest absolute Gasteiger partial charge is 0.328 e. The number of amides is 2. The zero-order valence-electron chi connectivity index (χ0n) is 13.8. The molecule has 0 aromatic heterocycles. The van der Waals surface area contributed by atoms with Gasteiger partial charge in [0.15, 0.2) is 6.04 Å². The molecule has 2 amide bonds. The average molecular weight is 368 g/mol. The van der Waals surface area contributed by atoms with E-state index >= 15 is 0 Å². The summed E-state index contributed by atoms with van der Waals surface area (Å²) in [6, 6.07) is 1.49. The Morgan fingerprint density at radius 3 is 2.81 bits per heavy atom. The van der Waals surface area contributed by atoms with E-state index in [0.29, 0.717) is 6.07 Å². The zero-order chi connectivity index (χ0) is 19.3. The van der Waals surface area contributed by atoms with Crippen LogP contribution < -0.4 is 10.2 Å². The fourth-order valence-electron chi connectivity index (χ4n) is 2.55. The van der Waals surface area contributed by atoms with Crippen LogP contribution in [-0.2, 0) is 19.1 Å². The van der Waals surface area contributed by atoms with Gasteiger partial charge in [-0.3, -0.25) is 9.59 Å². The molecule has 2 unspecified atom stereocenters. The van der Waals surface area contributed by atoms with Crippen LogP contribution in [0.3, 0.4) is 0 Å². The number of ether oxygens (including phenoxy) is 1. The van der Waals surface area contributed by atoms with Gasteiger partial charge in [0.25, 0.3) is 0 Å². The number of halogens is 2. The molecule has 9 heteroatoms. The minimum Gasteiger partial charge on any atom is -0.480 e. The van der Waals surface area contributed by atoms with Crippen molar-refractivity contribution in [3.63, 3.8) is 0 Å². The van der Waals surface area contributed by atoms with Crippen LogP contribution in [0.25, 0.3) is 0 Å². The molecule has 0 spiro atoms. The summed E-state index contributed by atoms with van der Waals surface area (Å²) in [5.74, 6) is -5.00. The number of hydrogen-bond acceptors (Lipinski definition) is 4. The van der Waals surface area contributed by atoms with E-state index in [1.807, 2.05) is 0 Å². The van der Waals surface area contributed by atoms with Crippen molar-refractivity contribution in [2.45, 2.75) is 12.5 Å². The number of benzene rings is 1. The number of rotatable bonds is 8. The van der Waals surface area contributed by atoms with Crippen LogP contribution in [0.15, 0.2) is 30.9 Å². The van der Waals surface area contributed by atoms with Crippen molar-refractivity contribution in [3.05, 3.63) is 42.5 Å². The Morgan fingerprint density at radius 1 is 1.46 bits per heavy atom. The van der Waals surface area contributed by atoms with Gasteiger partial charge in [-0.15, -0.1) is 6.58 Å². The van der Waals surface area contributed by atoms with Crippen molar-refractivity contribution >= 4 is 23.5 Å². The first kappa shape index (κ1) is 19.5. The van der Waals surface area contributed by atoms with Gasteiger partial charge in [0.05, 0.1) is 24.8 Å². The Balaban J connectivity index is 2.03. The van der Waals surface area contributed by atoms with Gasteiger partial charge in [-0.25, -0.2) is 13.6 Å². The monoisotopic (exact) mass is 368 g/mol. The van der Waals surface area contributed by atoms with Crippen LogP contribution in [-0.4, -0.2) is 48.7 Å². The van der Waals surface area contributed by atoms with Gasteiger partial charge in [-0.05, 0) is 12.1 Å². The van der Waals surface area contributed by atoms with Crippen LogP contribution in [0.5, 0.6) is 0 Å². The predicted octanol–water partition coefficient (Wildman–Crippen LogP) is 1.09.